The molecular weight excluding hydrogens is 416 g/mol. The van der Waals surface area contributed by atoms with Crippen LogP contribution in [0.1, 0.15) is 17.5 Å². The number of aliphatic imine (C=N–C) groups is 1. The van der Waals surface area contributed by atoms with E-state index in [9.17, 15) is 10.5 Å². The summed E-state index contributed by atoms with van der Waals surface area (Å²) in [5.41, 5.74) is 5.04. The summed E-state index contributed by atoms with van der Waals surface area (Å²) in [6, 6.07) is 29.3. The van der Waals surface area contributed by atoms with E-state index in [1.807, 2.05) is 12.1 Å². The number of aromatic nitrogens is 1. The number of nitriles is 2. The van der Waals surface area contributed by atoms with Gasteiger partial charge in [0, 0.05) is 35.9 Å². The average Bonchev–Trinajstić information content (AvgIpc) is 2.92. The summed E-state index contributed by atoms with van der Waals surface area (Å²) < 4.78 is 0. The second-order valence-corrected chi connectivity index (χ2v) is 8.41. The van der Waals surface area contributed by atoms with E-state index in [1.165, 1.54) is 21.5 Å². The minimum atomic E-state index is 0.597. The van der Waals surface area contributed by atoms with Crippen LogP contribution in [0.3, 0.4) is 0 Å². The van der Waals surface area contributed by atoms with Crippen molar-refractivity contribution in [2.45, 2.75) is 6.42 Å². The van der Waals surface area contributed by atoms with Crippen LogP contribution in [-0.4, -0.2) is 17.2 Å². The molecule has 1 aliphatic heterocycles. The average molecular weight is 435 g/mol. The van der Waals surface area contributed by atoms with E-state index in [-0.39, 0.29) is 0 Å². The Morgan fingerprint density at radius 3 is 2.06 bits per heavy atom. The molecule has 0 amide bonds. The number of benzene rings is 4. The summed E-state index contributed by atoms with van der Waals surface area (Å²) in [6.07, 6.45) is 4.29. The Bertz CT molecular complexity index is 1760. The van der Waals surface area contributed by atoms with Gasteiger partial charge in [-0.1, -0.05) is 48.5 Å². The van der Waals surface area contributed by atoms with Crippen molar-refractivity contribution in [3.8, 4) is 23.4 Å². The summed E-state index contributed by atoms with van der Waals surface area (Å²) in [6.45, 7) is 0.648. The minimum absolute atomic E-state index is 0.597. The molecule has 1 aromatic heterocycles. The fourth-order valence-electron chi connectivity index (χ4n) is 4.78. The molecule has 158 valence electrons. The van der Waals surface area contributed by atoms with Crippen LogP contribution >= 0.6 is 0 Å². The number of pyridine rings is 1. The summed E-state index contributed by atoms with van der Waals surface area (Å²) >= 11 is 0. The molecule has 0 radical (unpaired) electrons. The van der Waals surface area contributed by atoms with Gasteiger partial charge in [0.2, 0.25) is 0 Å². The van der Waals surface area contributed by atoms with Gasteiger partial charge >= 0.3 is 0 Å². The summed E-state index contributed by atoms with van der Waals surface area (Å²) in [4.78, 5) is 9.16. The summed E-state index contributed by atoms with van der Waals surface area (Å²) in [5, 5.41) is 25.6. The van der Waals surface area contributed by atoms with Gasteiger partial charge in [-0.15, -0.1) is 0 Å². The third-order valence-electron chi connectivity index (χ3n) is 6.44. The lowest BCUT2D eigenvalue weighted by atomic mass is 9.91. The number of hydrogen-bond acceptors (Lipinski definition) is 4. The van der Waals surface area contributed by atoms with Crippen molar-refractivity contribution in [2.24, 2.45) is 4.99 Å². The van der Waals surface area contributed by atoms with E-state index in [1.54, 1.807) is 12.3 Å². The molecule has 4 heteroatoms. The SMILES string of the molecule is N#CC1=CC(c2ccc3c4ccc(-c5cc(C#N)ccn5)cc4c4ccccc4c3c2)=NCC1. The number of hydrogen-bond donors (Lipinski definition) is 0. The van der Waals surface area contributed by atoms with Crippen LogP contribution in [-0.2, 0) is 0 Å². The predicted molar refractivity (Wildman–Crippen MR) is 137 cm³/mol. The third kappa shape index (κ3) is 3.22. The summed E-state index contributed by atoms with van der Waals surface area (Å²) in [7, 11) is 0. The van der Waals surface area contributed by atoms with Crippen LogP contribution in [0.25, 0.3) is 43.6 Å². The van der Waals surface area contributed by atoms with E-state index in [0.717, 1.165) is 38.9 Å². The monoisotopic (exact) mass is 434 g/mol. The molecule has 0 atom stereocenters. The molecule has 6 rings (SSSR count). The Hall–Kier alpha value is -4.80. The zero-order valence-corrected chi connectivity index (χ0v) is 18.3. The van der Waals surface area contributed by atoms with Gasteiger partial charge in [0.25, 0.3) is 0 Å². The number of fused-ring (bicyclic) bond motifs is 6. The first kappa shape index (κ1) is 19.9. The predicted octanol–water partition coefficient (Wildman–Crippen LogP) is 6.72. The highest BCUT2D eigenvalue weighted by Crippen LogP contribution is 2.37. The standard InChI is InChI=1S/C30H18N4/c31-17-19-9-11-33-29(13-19)21-5-7-25-26-8-6-22(30-14-20(18-32)10-12-34-30)16-28(26)24-4-2-1-3-23(24)27(25)15-21/h1-9,11,13-16H,10,12H2. The van der Waals surface area contributed by atoms with E-state index in [0.29, 0.717) is 18.5 Å². The maximum absolute atomic E-state index is 9.33. The molecule has 1 aliphatic rings. The lowest BCUT2D eigenvalue weighted by Gasteiger charge is -2.14. The van der Waals surface area contributed by atoms with Gasteiger partial charge in [-0.25, -0.2) is 0 Å². The highest BCUT2D eigenvalue weighted by atomic mass is 14.7. The van der Waals surface area contributed by atoms with Gasteiger partial charge in [-0.2, -0.15) is 10.5 Å². The van der Waals surface area contributed by atoms with Gasteiger partial charge < -0.3 is 0 Å². The minimum Gasteiger partial charge on any atom is -0.284 e. The Kier molecular flexibility index (Phi) is 4.65. The van der Waals surface area contributed by atoms with Gasteiger partial charge in [0.05, 0.1) is 29.1 Å². The molecule has 0 saturated heterocycles. The lowest BCUT2D eigenvalue weighted by Crippen LogP contribution is -2.05. The van der Waals surface area contributed by atoms with E-state index in [2.05, 4.69) is 82.8 Å². The maximum atomic E-state index is 9.33. The molecule has 5 aromatic rings. The zero-order chi connectivity index (χ0) is 23.1. The lowest BCUT2D eigenvalue weighted by molar-refractivity contribution is 0.962. The molecule has 34 heavy (non-hydrogen) atoms. The highest BCUT2D eigenvalue weighted by Gasteiger charge is 2.14. The fourth-order valence-corrected chi connectivity index (χ4v) is 4.78. The van der Waals surface area contributed by atoms with Crippen LogP contribution < -0.4 is 0 Å². The smallest absolute Gasteiger partial charge is 0.0992 e. The zero-order valence-electron chi connectivity index (χ0n) is 18.3. The van der Waals surface area contributed by atoms with Crippen molar-refractivity contribution in [3.63, 3.8) is 0 Å². The first-order chi connectivity index (χ1) is 16.7. The molecular formula is C30H18N4. The fraction of sp³-hybridized carbons (Fsp3) is 0.0667. The Morgan fingerprint density at radius 1 is 0.676 bits per heavy atom. The van der Waals surface area contributed by atoms with E-state index < -0.39 is 0 Å². The van der Waals surface area contributed by atoms with Gasteiger partial charge in [0.15, 0.2) is 0 Å². The molecule has 2 heterocycles. The normalized spacial score (nSPS) is 13.4. The molecule has 4 aromatic carbocycles. The van der Waals surface area contributed by atoms with Crippen molar-refractivity contribution in [1.29, 1.82) is 10.5 Å². The largest absolute Gasteiger partial charge is 0.284 e. The molecule has 0 bridgehead atoms. The van der Waals surface area contributed by atoms with Crippen LogP contribution in [0, 0.1) is 22.7 Å². The number of allylic oxidation sites excluding steroid dienone is 1. The van der Waals surface area contributed by atoms with Crippen LogP contribution in [0.2, 0.25) is 0 Å². The molecule has 0 unspecified atom stereocenters. The second-order valence-electron chi connectivity index (χ2n) is 8.41. The van der Waals surface area contributed by atoms with Crippen molar-refractivity contribution >= 4 is 38.0 Å². The topological polar surface area (TPSA) is 72.8 Å². The Morgan fingerprint density at radius 2 is 1.35 bits per heavy atom. The van der Waals surface area contributed by atoms with Gasteiger partial charge in [-0.05, 0) is 62.7 Å². The molecule has 0 aliphatic carbocycles. The van der Waals surface area contributed by atoms with Gasteiger partial charge in [0.1, 0.15) is 0 Å². The number of dihydropyridines is 1. The molecule has 4 nitrogen and oxygen atoms in total. The van der Waals surface area contributed by atoms with E-state index >= 15 is 0 Å². The van der Waals surface area contributed by atoms with E-state index in [4.69, 9.17) is 0 Å². The van der Waals surface area contributed by atoms with Crippen molar-refractivity contribution in [3.05, 3.63) is 102 Å². The molecule has 0 saturated carbocycles. The van der Waals surface area contributed by atoms with Crippen molar-refractivity contribution < 1.29 is 0 Å². The first-order valence-electron chi connectivity index (χ1n) is 11.2. The number of nitrogens with zero attached hydrogens (tertiary/aromatic N) is 4. The Labute approximate surface area is 196 Å². The Balaban J connectivity index is 1.61. The maximum Gasteiger partial charge on any atom is 0.0992 e. The van der Waals surface area contributed by atoms with Crippen LogP contribution in [0.15, 0.2) is 95.6 Å². The first-order valence-corrected chi connectivity index (χ1v) is 11.2. The van der Waals surface area contributed by atoms with Crippen molar-refractivity contribution in [1.82, 2.24) is 4.98 Å². The number of rotatable bonds is 2. The molecule has 0 fully saturated rings. The second kappa shape index (κ2) is 7.96. The molecule has 0 spiro atoms. The third-order valence-corrected chi connectivity index (χ3v) is 6.44. The summed E-state index contributed by atoms with van der Waals surface area (Å²) in [5.74, 6) is 0. The quantitative estimate of drug-likeness (QED) is 0.289. The van der Waals surface area contributed by atoms with Gasteiger partial charge in [-0.3, -0.25) is 9.98 Å². The molecule has 0 N–H and O–H groups in total. The van der Waals surface area contributed by atoms with Crippen LogP contribution in [0.4, 0.5) is 0 Å². The van der Waals surface area contributed by atoms with Crippen molar-refractivity contribution in [2.75, 3.05) is 6.54 Å². The van der Waals surface area contributed by atoms with Crippen LogP contribution in [0.5, 0.6) is 0 Å². The highest BCUT2D eigenvalue weighted by molar-refractivity contribution is 6.27.